The molecular weight excluding hydrogens is 208 g/mol. The number of hydrogen-bond donors (Lipinski definition) is 0. The SMILES string of the molecule is CC(C)C1CCCCC12CC(Cl)CCO2. The van der Waals surface area contributed by atoms with Crippen LogP contribution in [0.25, 0.3) is 0 Å². The lowest BCUT2D eigenvalue weighted by Gasteiger charge is -2.49. The van der Waals surface area contributed by atoms with Crippen LogP contribution in [0.2, 0.25) is 0 Å². The molecule has 2 fully saturated rings. The van der Waals surface area contributed by atoms with Crippen LogP contribution in [-0.4, -0.2) is 17.6 Å². The van der Waals surface area contributed by atoms with E-state index < -0.39 is 0 Å². The predicted molar refractivity (Wildman–Crippen MR) is 64.4 cm³/mol. The lowest BCUT2D eigenvalue weighted by molar-refractivity contribution is -0.144. The van der Waals surface area contributed by atoms with Crippen LogP contribution in [0.4, 0.5) is 0 Å². The first-order valence-corrected chi connectivity index (χ1v) is 6.86. The van der Waals surface area contributed by atoms with Gasteiger partial charge in [0.15, 0.2) is 0 Å². The zero-order valence-electron chi connectivity index (χ0n) is 9.97. The van der Waals surface area contributed by atoms with E-state index in [4.69, 9.17) is 16.3 Å². The molecule has 1 nitrogen and oxygen atoms in total. The molecular formula is C13H23ClO. The summed E-state index contributed by atoms with van der Waals surface area (Å²) in [5.41, 5.74) is 0.136. The third-order valence-corrected chi connectivity index (χ3v) is 4.61. The van der Waals surface area contributed by atoms with Crippen LogP contribution in [0.5, 0.6) is 0 Å². The van der Waals surface area contributed by atoms with Crippen molar-refractivity contribution in [2.45, 2.75) is 63.4 Å². The summed E-state index contributed by atoms with van der Waals surface area (Å²) in [6.07, 6.45) is 7.39. The van der Waals surface area contributed by atoms with Gasteiger partial charge in [-0.1, -0.05) is 26.7 Å². The maximum Gasteiger partial charge on any atom is 0.0727 e. The van der Waals surface area contributed by atoms with E-state index >= 15 is 0 Å². The zero-order chi connectivity index (χ0) is 10.9. The van der Waals surface area contributed by atoms with E-state index in [0.29, 0.717) is 5.38 Å². The van der Waals surface area contributed by atoms with Crippen molar-refractivity contribution in [3.63, 3.8) is 0 Å². The van der Waals surface area contributed by atoms with Crippen molar-refractivity contribution in [2.24, 2.45) is 11.8 Å². The molecule has 1 saturated heterocycles. The van der Waals surface area contributed by atoms with Gasteiger partial charge in [0.05, 0.1) is 5.60 Å². The largest absolute Gasteiger partial charge is 0.375 e. The summed E-state index contributed by atoms with van der Waals surface area (Å²) in [7, 11) is 0. The molecule has 1 saturated carbocycles. The smallest absolute Gasteiger partial charge is 0.0727 e. The lowest BCUT2D eigenvalue weighted by atomic mass is 9.67. The van der Waals surface area contributed by atoms with E-state index in [1.165, 1.54) is 25.7 Å². The average Bonchev–Trinajstić information content (AvgIpc) is 2.17. The summed E-state index contributed by atoms with van der Waals surface area (Å²) in [5, 5.41) is 0.345. The van der Waals surface area contributed by atoms with E-state index in [1.54, 1.807) is 0 Å². The summed E-state index contributed by atoms with van der Waals surface area (Å²) < 4.78 is 6.17. The van der Waals surface area contributed by atoms with Gasteiger partial charge in [0, 0.05) is 12.0 Å². The van der Waals surface area contributed by atoms with Crippen molar-refractivity contribution in [1.82, 2.24) is 0 Å². The van der Waals surface area contributed by atoms with Gasteiger partial charge in [-0.05, 0) is 37.5 Å². The molecule has 0 aromatic carbocycles. The first-order chi connectivity index (χ1) is 7.14. The predicted octanol–water partition coefficient (Wildman–Crippen LogP) is 3.99. The van der Waals surface area contributed by atoms with Crippen LogP contribution in [0.15, 0.2) is 0 Å². The normalized spacial score (nSPS) is 42.4. The number of ether oxygens (including phenoxy) is 1. The van der Waals surface area contributed by atoms with Crippen molar-refractivity contribution in [3.8, 4) is 0 Å². The Kier molecular flexibility index (Phi) is 3.62. The Bertz CT molecular complexity index is 213. The molecule has 0 bridgehead atoms. The number of hydrogen-bond acceptors (Lipinski definition) is 1. The Hall–Kier alpha value is 0.250. The monoisotopic (exact) mass is 230 g/mol. The average molecular weight is 231 g/mol. The first kappa shape index (κ1) is 11.7. The van der Waals surface area contributed by atoms with Crippen molar-refractivity contribution in [3.05, 3.63) is 0 Å². The Labute approximate surface area is 98.5 Å². The van der Waals surface area contributed by atoms with Crippen LogP contribution >= 0.6 is 11.6 Å². The fraction of sp³-hybridized carbons (Fsp3) is 1.00. The lowest BCUT2D eigenvalue weighted by Crippen LogP contribution is -2.50. The zero-order valence-corrected chi connectivity index (χ0v) is 10.7. The van der Waals surface area contributed by atoms with Crippen LogP contribution in [0.1, 0.15) is 52.4 Å². The van der Waals surface area contributed by atoms with Gasteiger partial charge in [0.25, 0.3) is 0 Å². The van der Waals surface area contributed by atoms with Crippen molar-refractivity contribution >= 4 is 11.6 Å². The highest BCUT2D eigenvalue weighted by Gasteiger charge is 2.45. The molecule has 88 valence electrons. The van der Waals surface area contributed by atoms with Gasteiger partial charge in [0.2, 0.25) is 0 Å². The first-order valence-electron chi connectivity index (χ1n) is 6.42. The van der Waals surface area contributed by atoms with Crippen molar-refractivity contribution in [2.75, 3.05) is 6.61 Å². The standard InChI is InChI=1S/C13H23ClO/c1-10(2)12-5-3-4-7-13(12)9-11(14)6-8-15-13/h10-12H,3-9H2,1-2H3. The van der Waals surface area contributed by atoms with E-state index in [0.717, 1.165) is 31.3 Å². The minimum Gasteiger partial charge on any atom is -0.375 e. The molecule has 3 unspecified atom stereocenters. The summed E-state index contributed by atoms with van der Waals surface area (Å²) >= 11 is 6.33. The van der Waals surface area contributed by atoms with Gasteiger partial charge in [-0.2, -0.15) is 0 Å². The fourth-order valence-corrected chi connectivity index (χ4v) is 3.89. The molecule has 3 atom stereocenters. The minimum absolute atomic E-state index is 0.136. The third-order valence-electron chi connectivity index (χ3n) is 4.23. The maximum absolute atomic E-state index is 6.33. The van der Waals surface area contributed by atoms with Gasteiger partial charge in [-0.25, -0.2) is 0 Å². The third kappa shape index (κ3) is 2.34. The maximum atomic E-state index is 6.33. The number of halogens is 1. The van der Waals surface area contributed by atoms with Gasteiger partial charge in [-0.3, -0.25) is 0 Å². The topological polar surface area (TPSA) is 9.23 Å². The number of rotatable bonds is 1. The van der Waals surface area contributed by atoms with Gasteiger partial charge >= 0.3 is 0 Å². The summed E-state index contributed by atoms with van der Waals surface area (Å²) in [4.78, 5) is 0. The second-order valence-electron chi connectivity index (χ2n) is 5.60. The Morgan fingerprint density at radius 3 is 2.73 bits per heavy atom. The van der Waals surface area contributed by atoms with Gasteiger partial charge in [-0.15, -0.1) is 11.6 Å². The minimum atomic E-state index is 0.136. The molecule has 0 aromatic heterocycles. The quantitative estimate of drug-likeness (QED) is 0.619. The fourth-order valence-electron chi connectivity index (χ4n) is 3.54. The van der Waals surface area contributed by atoms with Crippen molar-refractivity contribution in [1.29, 1.82) is 0 Å². The summed E-state index contributed by atoms with van der Waals surface area (Å²) in [6, 6.07) is 0. The van der Waals surface area contributed by atoms with Crippen LogP contribution in [-0.2, 0) is 4.74 Å². The Balaban J connectivity index is 2.13. The molecule has 1 heterocycles. The van der Waals surface area contributed by atoms with Crippen LogP contribution in [0.3, 0.4) is 0 Å². The van der Waals surface area contributed by atoms with E-state index in [2.05, 4.69) is 13.8 Å². The molecule has 1 spiro atoms. The molecule has 2 heteroatoms. The van der Waals surface area contributed by atoms with Crippen LogP contribution in [0, 0.1) is 11.8 Å². The van der Waals surface area contributed by atoms with Crippen LogP contribution < -0.4 is 0 Å². The number of alkyl halides is 1. The van der Waals surface area contributed by atoms with Gasteiger partial charge in [0.1, 0.15) is 0 Å². The highest BCUT2D eigenvalue weighted by molar-refractivity contribution is 6.20. The molecule has 2 aliphatic rings. The van der Waals surface area contributed by atoms with E-state index in [-0.39, 0.29) is 5.60 Å². The van der Waals surface area contributed by atoms with E-state index in [1.807, 2.05) is 0 Å². The van der Waals surface area contributed by atoms with Crippen molar-refractivity contribution < 1.29 is 4.74 Å². The molecule has 2 rings (SSSR count). The second-order valence-corrected chi connectivity index (χ2v) is 6.22. The summed E-state index contributed by atoms with van der Waals surface area (Å²) in [6.45, 7) is 5.54. The molecule has 0 amide bonds. The Morgan fingerprint density at radius 1 is 1.27 bits per heavy atom. The Morgan fingerprint density at radius 2 is 2.07 bits per heavy atom. The highest BCUT2D eigenvalue weighted by Crippen LogP contribution is 2.46. The summed E-state index contributed by atoms with van der Waals surface area (Å²) in [5.74, 6) is 1.46. The van der Waals surface area contributed by atoms with Gasteiger partial charge < -0.3 is 4.74 Å². The highest BCUT2D eigenvalue weighted by atomic mass is 35.5. The molecule has 0 aromatic rings. The second kappa shape index (κ2) is 4.63. The van der Waals surface area contributed by atoms with E-state index in [9.17, 15) is 0 Å². The molecule has 1 aliphatic heterocycles. The molecule has 0 radical (unpaired) electrons. The molecule has 0 N–H and O–H groups in total. The molecule has 1 aliphatic carbocycles. The molecule has 15 heavy (non-hydrogen) atoms.